The molecule has 1 N–H and O–H groups in total. The first-order valence-corrected chi connectivity index (χ1v) is 14.8. The van der Waals surface area contributed by atoms with Gasteiger partial charge in [-0.3, -0.25) is 0 Å². The molecular weight excluding hydrogens is 617 g/mol. The Bertz CT molecular complexity index is 1540. The fourth-order valence-corrected chi connectivity index (χ4v) is 6.82. The van der Waals surface area contributed by atoms with Gasteiger partial charge in [0.2, 0.25) is 0 Å². The van der Waals surface area contributed by atoms with E-state index in [1.54, 1.807) is 23.6 Å². The van der Waals surface area contributed by atoms with E-state index in [2.05, 4.69) is 26.2 Å². The number of methoxy groups -OCH3 is 2. The number of benzene rings is 3. The van der Waals surface area contributed by atoms with Crippen molar-refractivity contribution in [2.45, 2.75) is 24.4 Å². The van der Waals surface area contributed by atoms with Crippen LogP contribution < -0.4 is 19.1 Å². The van der Waals surface area contributed by atoms with Crippen LogP contribution in [-0.4, -0.2) is 27.6 Å². The van der Waals surface area contributed by atoms with Crippen LogP contribution >= 0.6 is 38.9 Å². The Balaban J connectivity index is 1.70. The molecule has 1 heterocycles. The van der Waals surface area contributed by atoms with E-state index in [-0.39, 0.29) is 28.4 Å². The summed E-state index contributed by atoms with van der Waals surface area (Å²) in [7, 11) is -1.43. The van der Waals surface area contributed by atoms with Crippen LogP contribution in [0.2, 0.25) is 5.02 Å². The molecule has 4 rings (SSSR count). The first-order valence-electron chi connectivity index (χ1n) is 11.3. The topological polar surface area (TPSA) is 80.8 Å². The zero-order chi connectivity index (χ0) is 27.4. The molecule has 200 valence electrons. The smallest absolute Gasteiger partial charge is 0.269 e. The van der Waals surface area contributed by atoms with Crippen LogP contribution in [0.3, 0.4) is 0 Å². The minimum atomic E-state index is -4.42. The van der Waals surface area contributed by atoms with Crippen molar-refractivity contribution >= 4 is 59.7 Å². The van der Waals surface area contributed by atoms with E-state index in [1.165, 1.54) is 20.4 Å². The average Bonchev–Trinajstić information content (AvgIpc) is 3.43. The van der Waals surface area contributed by atoms with Gasteiger partial charge in [0.05, 0.1) is 31.5 Å². The van der Waals surface area contributed by atoms with Gasteiger partial charge in [0.25, 0.3) is 10.0 Å². The van der Waals surface area contributed by atoms with E-state index < -0.39 is 20.7 Å². The number of nitrogens with zero attached hydrogens (tertiary/aromatic N) is 2. The first-order chi connectivity index (χ1) is 18.1. The minimum absolute atomic E-state index is 0.0629. The van der Waals surface area contributed by atoms with Gasteiger partial charge >= 0.3 is 0 Å². The molecule has 3 aromatic carbocycles. The Morgan fingerprint density at radius 2 is 1.95 bits per heavy atom. The molecule has 4 aromatic rings. The number of anilines is 2. The van der Waals surface area contributed by atoms with Gasteiger partial charge in [0.15, 0.2) is 5.13 Å². The summed E-state index contributed by atoms with van der Waals surface area (Å²) in [6.45, 7) is 1.74. The van der Waals surface area contributed by atoms with Crippen molar-refractivity contribution in [2.24, 2.45) is 0 Å². The van der Waals surface area contributed by atoms with Crippen LogP contribution in [0.4, 0.5) is 15.2 Å². The summed E-state index contributed by atoms with van der Waals surface area (Å²) in [5.74, 6) is 0.0227. The Labute approximate surface area is 238 Å². The van der Waals surface area contributed by atoms with Gasteiger partial charge in [-0.2, -0.15) is 0 Å². The standard InChI is InChI=1S/C26H24BrClFN3O4S2/c1-16(17-5-4-6-19(27)11-17)31-23-14-22(29)25(13-21(23)28)38(33,34)32(26-30-9-10-37-26)15-18-7-8-20(35-2)12-24(18)36-3/h4-14,16,31H,15H2,1-3H3/t16-/m0/s1. The van der Waals surface area contributed by atoms with Crippen molar-refractivity contribution in [1.29, 1.82) is 0 Å². The highest BCUT2D eigenvalue weighted by molar-refractivity contribution is 9.10. The van der Waals surface area contributed by atoms with Gasteiger partial charge in [0.1, 0.15) is 22.2 Å². The molecule has 38 heavy (non-hydrogen) atoms. The van der Waals surface area contributed by atoms with Crippen molar-refractivity contribution in [3.8, 4) is 11.5 Å². The van der Waals surface area contributed by atoms with E-state index in [9.17, 15) is 8.42 Å². The van der Waals surface area contributed by atoms with Crippen LogP contribution in [0.15, 0.2) is 75.5 Å². The summed E-state index contributed by atoms with van der Waals surface area (Å²) < 4.78 is 55.7. The molecule has 7 nitrogen and oxygen atoms in total. The van der Waals surface area contributed by atoms with E-state index in [0.717, 1.165) is 37.8 Å². The van der Waals surface area contributed by atoms with Crippen LogP contribution in [0.5, 0.6) is 11.5 Å². The summed E-state index contributed by atoms with van der Waals surface area (Å²) >= 11 is 11.0. The van der Waals surface area contributed by atoms with Crippen molar-refractivity contribution in [1.82, 2.24) is 4.98 Å². The van der Waals surface area contributed by atoms with Crippen molar-refractivity contribution in [2.75, 3.05) is 23.8 Å². The van der Waals surface area contributed by atoms with E-state index in [0.29, 0.717) is 17.1 Å². The molecule has 12 heteroatoms. The predicted octanol–water partition coefficient (Wildman–Crippen LogP) is 7.28. The van der Waals surface area contributed by atoms with E-state index in [1.807, 2.05) is 31.2 Å². The van der Waals surface area contributed by atoms with Gasteiger partial charge in [-0.1, -0.05) is 39.7 Å². The fourth-order valence-electron chi connectivity index (χ4n) is 3.78. The number of aromatic nitrogens is 1. The molecule has 0 bridgehead atoms. The van der Waals surface area contributed by atoms with E-state index in [4.69, 9.17) is 21.1 Å². The number of ether oxygens (including phenoxy) is 2. The molecule has 0 fully saturated rings. The second-order valence-corrected chi connectivity index (χ2v) is 12.2. The molecular formula is C26H24BrClFN3O4S2. The molecule has 0 aliphatic heterocycles. The van der Waals surface area contributed by atoms with Crippen LogP contribution in [-0.2, 0) is 16.6 Å². The average molecular weight is 641 g/mol. The minimum Gasteiger partial charge on any atom is -0.497 e. The summed E-state index contributed by atoms with van der Waals surface area (Å²) in [4.78, 5) is 3.61. The largest absolute Gasteiger partial charge is 0.497 e. The molecule has 0 radical (unpaired) electrons. The first kappa shape index (κ1) is 28.2. The SMILES string of the molecule is COc1ccc(CN(c2nccs2)S(=O)(=O)c2cc(Cl)c(N[C@@H](C)c3cccc(Br)c3)cc2F)c(OC)c1. The number of rotatable bonds is 10. The second-order valence-electron chi connectivity index (χ2n) is 8.19. The van der Waals surface area contributed by atoms with Gasteiger partial charge in [-0.25, -0.2) is 22.1 Å². The summed E-state index contributed by atoms with van der Waals surface area (Å²) in [6.07, 6.45) is 1.48. The number of nitrogens with one attached hydrogen (secondary N) is 1. The molecule has 0 amide bonds. The lowest BCUT2D eigenvalue weighted by atomic mass is 10.1. The van der Waals surface area contributed by atoms with Crippen molar-refractivity contribution < 1.29 is 22.3 Å². The number of sulfonamides is 1. The van der Waals surface area contributed by atoms with E-state index >= 15 is 4.39 Å². The van der Waals surface area contributed by atoms with Gasteiger partial charge in [-0.15, -0.1) is 11.3 Å². The summed E-state index contributed by atoms with van der Waals surface area (Å²) in [5, 5.41) is 5.03. The molecule has 0 unspecified atom stereocenters. The van der Waals surface area contributed by atoms with Gasteiger partial charge in [0, 0.05) is 33.7 Å². The molecule has 0 aliphatic rings. The van der Waals surface area contributed by atoms with Gasteiger partial charge in [-0.05, 0) is 48.9 Å². The maximum atomic E-state index is 15.5. The van der Waals surface area contributed by atoms with Crippen LogP contribution in [0.1, 0.15) is 24.1 Å². The highest BCUT2D eigenvalue weighted by atomic mass is 79.9. The Morgan fingerprint density at radius 1 is 1.16 bits per heavy atom. The number of hydrogen-bond acceptors (Lipinski definition) is 7. The molecule has 0 saturated heterocycles. The summed E-state index contributed by atoms with van der Waals surface area (Å²) in [5.41, 5.74) is 1.75. The molecule has 1 atom stereocenters. The summed E-state index contributed by atoms with van der Waals surface area (Å²) in [6, 6.07) is 14.7. The Morgan fingerprint density at radius 3 is 2.61 bits per heavy atom. The monoisotopic (exact) mass is 639 g/mol. The Hall–Kier alpha value is -2.86. The lowest BCUT2D eigenvalue weighted by Gasteiger charge is -2.24. The quantitative estimate of drug-likeness (QED) is 0.196. The third-order valence-electron chi connectivity index (χ3n) is 5.75. The normalized spacial score (nSPS) is 12.2. The molecule has 0 saturated carbocycles. The van der Waals surface area contributed by atoms with Crippen molar-refractivity contribution in [3.05, 3.63) is 92.6 Å². The maximum absolute atomic E-state index is 15.5. The highest BCUT2D eigenvalue weighted by Gasteiger charge is 2.32. The number of hydrogen-bond donors (Lipinski definition) is 1. The van der Waals surface area contributed by atoms with Gasteiger partial charge < -0.3 is 14.8 Å². The van der Waals surface area contributed by atoms with Crippen LogP contribution in [0, 0.1) is 5.82 Å². The predicted molar refractivity (Wildman–Crippen MR) is 153 cm³/mol. The molecule has 0 aliphatic carbocycles. The molecule has 1 aromatic heterocycles. The molecule has 0 spiro atoms. The van der Waals surface area contributed by atoms with Crippen LogP contribution in [0.25, 0.3) is 0 Å². The Kier molecular flexibility index (Phi) is 8.81. The number of halogens is 3. The number of thiazole rings is 1. The second kappa shape index (κ2) is 11.9. The fraction of sp³-hybridized carbons (Fsp3) is 0.192. The zero-order valence-corrected chi connectivity index (χ0v) is 24.6. The lowest BCUT2D eigenvalue weighted by Crippen LogP contribution is -2.31. The zero-order valence-electron chi connectivity index (χ0n) is 20.6. The maximum Gasteiger partial charge on any atom is 0.269 e. The third kappa shape index (κ3) is 6.06. The van der Waals surface area contributed by atoms with Crippen molar-refractivity contribution in [3.63, 3.8) is 0 Å². The highest BCUT2D eigenvalue weighted by Crippen LogP contribution is 2.36. The third-order valence-corrected chi connectivity index (χ3v) is 9.22. The lowest BCUT2D eigenvalue weighted by molar-refractivity contribution is 0.391.